The SMILES string of the molecule is CB1OC(c2ccccc2)(c2ccccc2)[C@H]2CCCN12.COC(=O)c1ccc(CCCC2C(=O)C(F)(F)C[C@@H]2/C=C/C(=O)[C@@H](C)CCCc2ccccc2)s1.COC(=O)c1ccc(CCCC2C(=O)C(F)(F)C[C@@H]2/C=C/[C@@H](O)[C@@H](C)CCCc2ccccc2)s1.[B]1Oc2ccccc2O1. The zero-order valence-corrected chi connectivity index (χ0v) is 59.2. The molecule has 5 aromatic carbocycles. The number of aryl methyl sites for hydroxylation is 4. The van der Waals surface area contributed by atoms with Gasteiger partial charge in [-0.1, -0.05) is 166 Å². The van der Waals surface area contributed by atoms with E-state index < -0.39 is 78.0 Å². The number of ketones is 3. The minimum Gasteiger partial charge on any atom is -0.524 e. The Morgan fingerprint density at radius 1 is 0.620 bits per heavy atom. The number of alkyl halides is 4. The predicted octanol–water partition coefficient (Wildman–Crippen LogP) is 17.3. The third kappa shape index (κ3) is 20.3. The molecule has 0 spiro atoms. The van der Waals surface area contributed by atoms with Crippen molar-refractivity contribution in [3.8, 4) is 11.5 Å². The molecule has 2 aliphatic carbocycles. The summed E-state index contributed by atoms with van der Waals surface area (Å²) in [6.07, 6.45) is 14.9. The number of carbonyl (C=O) groups is 5. The number of aliphatic hydroxyl groups is 1. The lowest BCUT2D eigenvalue weighted by Gasteiger charge is -2.36. The largest absolute Gasteiger partial charge is 0.658 e. The lowest BCUT2D eigenvalue weighted by Crippen LogP contribution is -2.41. The zero-order valence-electron chi connectivity index (χ0n) is 57.6. The molecular formula is C80H90B2F4NO11S2. The fourth-order valence-electron chi connectivity index (χ4n) is 14.1. The molecule has 7 aromatic rings. The van der Waals surface area contributed by atoms with Gasteiger partial charge in [0.25, 0.3) is 0 Å². The number of allylic oxidation sites excluding steroid dienone is 3. The molecule has 527 valence electrons. The molecule has 2 unspecified atom stereocenters. The first-order valence-electron chi connectivity index (χ1n) is 34.8. The van der Waals surface area contributed by atoms with E-state index in [1.165, 1.54) is 91.8 Å². The summed E-state index contributed by atoms with van der Waals surface area (Å²) in [6.45, 7) is 7.14. The van der Waals surface area contributed by atoms with Gasteiger partial charge in [0.15, 0.2) is 5.78 Å². The normalized spacial score (nSPS) is 20.8. The van der Waals surface area contributed by atoms with Crippen LogP contribution < -0.4 is 9.31 Å². The van der Waals surface area contributed by atoms with Crippen LogP contribution in [-0.4, -0.2) is 98.7 Å². The van der Waals surface area contributed by atoms with E-state index in [1.54, 1.807) is 24.3 Å². The summed E-state index contributed by atoms with van der Waals surface area (Å²) in [5.41, 5.74) is 4.71. The molecule has 5 aliphatic rings. The van der Waals surface area contributed by atoms with Gasteiger partial charge in [-0.25, -0.2) is 9.59 Å². The van der Waals surface area contributed by atoms with E-state index >= 15 is 0 Å². The van der Waals surface area contributed by atoms with Gasteiger partial charge in [-0.05, 0) is 186 Å². The molecule has 2 saturated carbocycles. The van der Waals surface area contributed by atoms with Crippen LogP contribution in [0.15, 0.2) is 194 Å². The van der Waals surface area contributed by atoms with Crippen molar-refractivity contribution in [2.24, 2.45) is 35.5 Å². The number of thiophene rings is 2. The predicted molar refractivity (Wildman–Crippen MR) is 386 cm³/mol. The fraction of sp³-hybridized carbons (Fsp3) is 0.412. The summed E-state index contributed by atoms with van der Waals surface area (Å²) in [4.78, 5) is 65.9. The van der Waals surface area contributed by atoms with Crippen molar-refractivity contribution in [1.29, 1.82) is 0 Å². The number of ether oxygens (including phenoxy) is 2. The third-order valence-corrected chi connectivity index (χ3v) is 21.9. The van der Waals surface area contributed by atoms with Crippen LogP contribution in [0.25, 0.3) is 0 Å². The highest BCUT2D eigenvalue weighted by atomic mass is 32.1. The van der Waals surface area contributed by atoms with Gasteiger partial charge in [0.05, 0.1) is 20.3 Å². The Labute approximate surface area is 595 Å². The highest BCUT2D eigenvalue weighted by Crippen LogP contribution is 2.49. The maximum absolute atomic E-state index is 14.2. The first-order valence-corrected chi connectivity index (χ1v) is 36.5. The van der Waals surface area contributed by atoms with Crippen molar-refractivity contribution >= 4 is 66.7 Å². The van der Waals surface area contributed by atoms with Gasteiger partial charge < -0.3 is 33.4 Å². The number of methoxy groups -OCH3 is 2. The van der Waals surface area contributed by atoms with Gasteiger partial charge in [0, 0.05) is 46.4 Å². The number of fused-ring (bicyclic) bond motifs is 2. The molecule has 4 fully saturated rings. The number of esters is 2. The number of benzene rings is 5. The van der Waals surface area contributed by atoms with Gasteiger partial charge in [0.2, 0.25) is 11.6 Å². The van der Waals surface area contributed by atoms with Crippen molar-refractivity contribution in [2.75, 3.05) is 20.8 Å². The van der Waals surface area contributed by atoms with Crippen molar-refractivity contribution < 1.29 is 70.1 Å². The third-order valence-electron chi connectivity index (χ3n) is 19.6. The van der Waals surface area contributed by atoms with Crippen LogP contribution in [0.3, 0.4) is 0 Å². The molecule has 2 saturated heterocycles. The summed E-state index contributed by atoms with van der Waals surface area (Å²) in [5.74, 6) is -11.0. The van der Waals surface area contributed by atoms with Crippen LogP contribution in [0.5, 0.6) is 11.5 Å². The Balaban J connectivity index is 0.000000168. The van der Waals surface area contributed by atoms with Crippen molar-refractivity contribution in [2.45, 2.75) is 153 Å². The minimum atomic E-state index is -3.36. The van der Waals surface area contributed by atoms with E-state index in [9.17, 15) is 46.6 Å². The number of rotatable bonds is 26. The average molecular weight is 1400 g/mol. The maximum Gasteiger partial charge on any atom is 0.658 e. The molecule has 5 heterocycles. The lowest BCUT2D eigenvalue weighted by molar-refractivity contribution is -0.141. The molecule has 0 bridgehead atoms. The monoisotopic (exact) mass is 1400 g/mol. The van der Waals surface area contributed by atoms with Crippen LogP contribution >= 0.6 is 22.7 Å². The van der Waals surface area contributed by atoms with Gasteiger partial charge >= 0.3 is 38.5 Å². The second kappa shape index (κ2) is 36.7. The first-order chi connectivity index (χ1) is 48.2. The van der Waals surface area contributed by atoms with E-state index in [4.69, 9.17) is 23.4 Å². The smallest absolute Gasteiger partial charge is 0.524 e. The molecule has 1 radical (unpaired) electrons. The highest BCUT2D eigenvalue weighted by molar-refractivity contribution is 7.14. The Hall–Kier alpha value is -7.74. The molecular weight excluding hydrogens is 1310 g/mol. The van der Waals surface area contributed by atoms with E-state index in [1.807, 2.05) is 86.6 Å². The molecule has 8 atom stereocenters. The van der Waals surface area contributed by atoms with Crippen LogP contribution in [0.4, 0.5) is 17.6 Å². The van der Waals surface area contributed by atoms with E-state index in [2.05, 4.69) is 96.6 Å². The van der Waals surface area contributed by atoms with Crippen LogP contribution in [0.2, 0.25) is 6.82 Å². The summed E-state index contributed by atoms with van der Waals surface area (Å²) >= 11 is 2.62. The maximum atomic E-state index is 14.2. The Morgan fingerprint density at radius 3 is 1.55 bits per heavy atom. The molecule has 12 rings (SSSR count). The highest BCUT2D eigenvalue weighted by Gasteiger charge is 2.57. The number of carbonyl (C=O) groups excluding carboxylic acids is 5. The van der Waals surface area contributed by atoms with Crippen molar-refractivity contribution in [1.82, 2.24) is 4.81 Å². The number of nitrogens with zero attached hydrogens (tertiary/aromatic N) is 1. The topological polar surface area (TPSA) is 155 Å². The van der Waals surface area contributed by atoms with Crippen LogP contribution in [-0.2, 0) is 59.8 Å². The van der Waals surface area contributed by atoms with Crippen LogP contribution in [0.1, 0.15) is 142 Å². The molecule has 2 aromatic heterocycles. The number of hydrogen-bond donors (Lipinski definition) is 1. The first kappa shape index (κ1) is 76.4. The van der Waals surface area contributed by atoms with E-state index in [0.29, 0.717) is 54.3 Å². The van der Waals surface area contributed by atoms with Crippen LogP contribution in [0, 0.1) is 35.5 Å². The number of Topliss-reactive ketones (excluding diaryl/α,β-unsaturated/α-hetero) is 2. The van der Waals surface area contributed by atoms with Gasteiger partial charge in [-0.15, -0.1) is 22.7 Å². The molecule has 1 N–H and O–H groups in total. The number of halogens is 4. The van der Waals surface area contributed by atoms with Gasteiger partial charge in [-0.2, -0.15) is 17.6 Å². The quantitative estimate of drug-likeness (QED) is 0.0180. The number of aliphatic hydroxyl groups excluding tert-OH is 1. The second-order valence-corrected chi connectivity index (χ2v) is 28.9. The molecule has 20 heteroatoms. The molecule has 100 heavy (non-hydrogen) atoms. The Kier molecular flexibility index (Phi) is 28.1. The molecule has 12 nitrogen and oxygen atoms in total. The minimum absolute atomic E-state index is 0.00568. The standard InChI is InChI=1S/C28H34F2O4S.C28H32F2O4S.C18H20BNO.C6H4BO2/c2*1-19(8-6-11-20-9-4-3-5-10-20)24(31)16-14-21-18-28(29,30)26(32)23(21)13-7-12-22-15-17-25(35-22)27(33)34-2;1-19-20-14-8-13-17(20)18(21-19,15-9-4-2-5-10-15)16-11-6-3-7-12-16;1-2-4-6-5(3-1)8-7-9-6/h3-5,9-10,14-17,19,21,23-24,31H,6-8,11-13,18H2,1-2H3;3-5,9-10,14-17,19,21,23H,6-8,11-13,18H2,1-2H3;2-7,9-12,17H,8,13-14H2,1H3;1-4H/b2*16-14+;;/t19-,21-,23?,24+;19-,21-,23?;17-;/m001./s1. The average Bonchev–Trinajstić information content (AvgIpc) is 1.56. The summed E-state index contributed by atoms with van der Waals surface area (Å²) in [6, 6.07) is 56.6. The van der Waals surface area contributed by atoms with Gasteiger partial charge in [0.1, 0.15) is 26.9 Å². The summed E-state index contributed by atoms with van der Waals surface area (Å²) in [5, 5.41) is 10.6. The van der Waals surface area contributed by atoms with Gasteiger partial charge in [-0.3, -0.25) is 14.4 Å². The van der Waals surface area contributed by atoms with E-state index in [-0.39, 0.29) is 30.3 Å². The second-order valence-electron chi connectivity index (χ2n) is 26.5. The van der Waals surface area contributed by atoms with Crippen molar-refractivity contribution in [3.63, 3.8) is 0 Å². The fourth-order valence-corrected chi connectivity index (χ4v) is 16.1. The Morgan fingerprint density at radius 2 is 1.07 bits per heavy atom. The summed E-state index contributed by atoms with van der Waals surface area (Å²) in [7, 11) is 4.14. The summed E-state index contributed by atoms with van der Waals surface area (Å²) < 4.78 is 82.8. The lowest BCUT2D eigenvalue weighted by atomic mass is 9.79. The van der Waals surface area contributed by atoms with Crippen molar-refractivity contribution in [3.05, 3.63) is 236 Å². The zero-order chi connectivity index (χ0) is 71.2. The molecule has 0 amide bonds. The number of para-hydroxylation sites is 2. The molecule has 3 aliphatic heterocycles. The number of hydrogen-bond acceptors (Lipinski definition) is 14. The Bertz CT molecular complexity index is 3760. The van der Waals surface area contributed by atoms with E-state index in [0.717, 1.165) is 66.3 Å².